The number of aryl methyl sites for hydroxylation is 2. The highest BCUT2D eigenvalue weighted by Gasteiger charge is 2.16. The van der Waals surface area contributed by atoms with Gasteiger partial charge in [-0.15, -0.1) is 0 Å². The first kappa shape index (κ1) is 31.5. The lowest BCUT2D eigenvalue weighted by atomic mass is 9.87. The molecule has 2 nitrogen and oxygen atoms in total. The zero-order chi connectivity index (χ0) is 36.6. The molecule has 10 aromatic carbocycles. The fourth-order valence-electron chi connectivity index (χ4n) is 9.14. The summed E-state index contributed by atoms with van der Waals surface area (Å²) in [7, 11) is 0. The summed E-state index contributed by atoms with van der Waals surface area (Å²) in [5.41, 5.74) is 12.0. The molecule has 258 valence electrons. The number of imidazole rings is 1. The second-order valence-electron chi connectivity index (χ2n) is 14.8. The number of hydrogen-bond donors (Lipinski definition) is 0. The van der Waals surface area contributed by atoms with Crippen molar-refractivity contribution in [2.45, 2.75) is 13.8 Å². The number of fused-ring (bicyclic) bond motifs is 8. The molecule has 0 aliphatic carbocycles. The number of benzene rings is 10. The summed E-state index contributed by atoms with van der Waals surface area (Å²) in [4.78, 5) is 4.79. The van der Waals surface area contributed by atoms with Crippen molar-refractivity contribution in [3.8, 4) is 39.1 Å². The largest absolute Gasteiger partial charge is 0.297 e. The fraction of sp³-hybridized carbons (Fsp3) is 0.0377. The Morgan fingerprint density at radius 1 is 0.382 bits per heavy atom. The van der Waals surface area contributed by atoms with Crippen LogP contribution in [0.4, 0.5) is 0 Å². The Bertz CT molecular complexity index is 3330. The van der Waals surface area contributed by atoms with Gasteiger partial charge in [0, 0.05) is 5.69 Å². The minimum Gasteiger partial charge on any atom is -0.297 e. The average Bonchev–Trinajstić information content (AvgIpc) is 3.58. The lowest BCUT2D eigenvalue weighted by Crippen LogP contribution is -1.96. The second-order valence-corrected chi connectivity index (χ2v) is 14.8. The van der Waals surface area contributed by atoms with Crippen LogP contribution in [0.2, 0.25) is 0 Å². The van der Waals surface area contributed by atoms with Crippen LogP contribution in [0.1, 0.15) is 11.4 Å². The zero-order valence-corrected chi connectivity index (χ0v) is 30.7. The standard InChI is InChI=1S/C53H36N2/c1-33-10-7-11-36-20-21-38-13-9-17-48(53(38)51(33)36)47-16-8-12-37-22-23-40-32-39(26-29-44(40)52(37)47)43-31-30-42(45-14-3-4-15-46(43)45)35-24-27-41(28-25-35)55-34(2)54-49-18-5-6-19-50(49)55/h3-32H,1-2H3. The third-order valence-corrected chi connectivity index (χ3v) is 11.6. The van der Waals surface area contributed by atoms with E-state index < -0.39 is 0 Å². The van der Waals surface area contributed by atoms with Crippen LogP contribution >= 0.6 is 0 Å². The lowest BCUT2D eigenvalue weighted by Gasteiger charge is -2.16. The van der Waals surface area contributed by atoms with Gasteiger partial charge in [-0.05, 0) is 137 Å². The van der Waals surface area contributed by atoms with Crippen molar-refractivity contribution in [1.82, 2.24) is 9.55 Å². The van der Waals surface area contributed by atoms with E-state index in [-0.39, 0.29) is 0 Å². The van der Waals surface area contributed by atoms with Crippen molar-refractivity contribution < 1.29 is 0 Å². The van der Waals surface area contributed by atoms with Crippen molar-refractivity contribution in [3.05, 3.63) is 193 Å². The first-order chi connectivity index (χ1) is 27.1. The van der Waals surface area contributed by atoms with Crippen molar-refractivity contribution in [2.75, 3.05) is 0 Å². The SMILES string of the molecule is Cc1cccc2ccc3cccc(-c4cccc5ccc6cc(-c7ccc(-c8ccc(-n9c(C)nc%10ccccc%109)cc8)c8ccccc78)ccc6c45)c3c12. The minimum absolute atomic E-state index is 0.987. The zero-order valence-electron chi connectivity index (χ0n) is 30.7. The molecule has 0 fully saturated rings. The molecule has 0 aliphatic heterocycles. The molecule has 0 saturated heterocycles. The van der Waals surface area contributed by atoms with Crippen molar-refractivity contribution in [2.24, 2.45) is 0 Å². The third-order valence-electron chi connectivity index (χ3n) is 11.6. The fourth-order valence-corrected chi connectivity index (χ4v) is 9.14. The molecule has 0 radical (unpaired) electrons. The van der Waals surface area contributed by atoms with Crippen LogP contribution in [0.3, 0.4) is 0 Å². The lowest BCUT2D eigenvalue weighted by molar-refractivity contribution is 1.00. The van der Waals surface area contributed by atoms with Crippen LogP contribution in [0.5, 0.6) is 0 Å². The van der Waals surface area contributed by atoms with E-state index >= 15 is 0 Å². The summed E-state index contributed by atoms with van der Waals surface area (Å²) >= 11 is 0. The Morgan fingerprint density at radius 2 is 0.964 bits per heavy atom. The molecule has 0 amide bonds. The third kappa shape index (κ3) is 4.92. The molecule has 0 unspecified atom stereocenters. The van der Waals surface area contributed by atoms with Crippen molar-refractivity contribution in [3.63, 3.8) is 0 Å². The predicted molar refractivity (Wildman–Crippen MR) is 234 cm³/mol. The number of hydrogen-bond acceptors (Lipinski definition) is 1. The first-order valence-corrected chi connectivity index (χ1v) is 19.0. The Kier molecular flexibility index (Phi) is 7.02. The van der Waals surface area contributed by atoms with Crippen molar-refractivity contribution >= 4 is 64.9 Å². The Labute approximate surface area is 319 Å². The molecule has 0 saturated carbocycles. The van der Waals surface area contributed by atoms with E-state index in [2.05, 4.69) is 194 Å². The summed E-state index contributed by atoms with van der Waals surface area (Å²) in [6.45, 7) is 4.30. The maximum Gasteiger partial charge on any atom is 0.111 e. The molecule has 0 N–H and O–H groups in total. The van der Waals surface area contributed by atoms with Crippen molar-refractivity contribution in [1.29, 1.82) is 0 Å². The molecule has 1 heterocycles. The molecule has 2 heteroatoms. The average molecular weight is 701 g/mol. The van der Waals surface area contributed by atoms with Gasteiger partial charge >= 0.3 is 0 Å². The van der Waals surface area contributed by atoms with Gasteiger partial charge in [-0.25, -0.2) is 4.98 Å². The maximum absolute atomic E-state index is 4.79. The van der Waals surface area contributed by atoms with Crippen LogP contribution in [-0.4, -0.2) is 9.55 Å². The van der Waals surface area contributed by atoms with Gasteiger partial charge < -0.3 is 0 Å². The summed E-state index contributed by atoms with van der Waals surface area (Å²) in [6.07, 6.45) is 0. The van der Waals surface area contributed by atoms with E-state index in [0.29, 0.717) is 0 Å². The number of rotatable bonds is 4. The summed E-state index contributed by atoms with van der Waals surface area (Å²) in [5, 5.41) is 12.8. The summed E-state index contributed by atoms with van der Waals surface area (Å²) in [5.74, 6) is 0.987. The highest BCUT2D eigenvalue weighted by atomic mass is 15.1. The molecule has 0 spiro atoms. The molecule has 0 bridgehead atoms. The van der Waals surface area contributed by atoms with Gasteiger partial charge in [0.15, 0.2) is 0 Å². The number of aromatic nitrogens is 2. The maximum atomic E-state index is 4.79. The van der Waals surface area contributed by atoms with Crippen LogP contribution in [0, 0.1) is 13.8 Å². The van der Waals surface area contributed by atoms with Gasteiger partial charge in [-0.1, -0.05) is 152 Å². The monoisotopic (exact) mass is 700 g/mol. The molecule has 55 heavy (non-hydrogen) atoms. The highest BCUT2D eigenvalue weighted by Crippen LogP contribution is 2.43. The van der Waals surface area contributed by atoms with Crippen LogP contribution in [0.15, 0.2) is 182 Å². The van der Waals surface area contributed by atoms with E-state index in [1.165, 1.54) is 92.8 Å². The number of para-hydroxylation sites is 2. The molecule has 1 aromatic heterocycles. The normalized spacial score (nSPS) is 11.8. The van der Waals surface area contributed by atoms with Crippen LogP contribution < -0.4 is 0 Å². The van der Waals surface area contributed by atoms with Crippen LogP contribution in [0.25, 0.3) is 104 Å². The molecule has 11 aromatic rings. The quantitative estimate of drug-likeness (QED) is 0.167. The van der Waals surface area contributed by atoms with Gasteiger partial charge in [-0.2, -0.15) is 0 Å². The van der Waals surface area contributed by atoms with E-state index in [9.17, 15) is 0 Å². The van der Waals surface area contributed by atoms with Crippen LogP contribution in [-0.2, 0) is 0 Å². The minimum atomic E-state index is 0.987. The van der Waals surface area contributed by atoms with E-state index in [4.69, 9.17) is 4.98 Å². The van der Waals surface area contributed by atoms with E-state index in [1.807, 2.05) is 6.07 Å². The second kappa shape index (κ2) is 12.3. The Balaban J connectivity index is 1.04. The smallest absolute Gasteiger partial charge is 0.111 e. The highest BCUT2D eigenvalue weighted by molar-refractivity contribution is 6.22. The summed E-state index contributed by atoms with van der Waals surface area (Å²) in [6, 6.07) is 66.9. The topological polar surface area (TPSA) is 17.8 Å². The Hall–Kier alpha value is -7.03. The van der Waals surface area contributed by atoms with E-state index in [1.54, 1.807) is 0 Å². The van der Waals surface area contributed by atoms with Gasteiger partial charge in [0.25, 0.3) is 0 Å². The molecule has 0 atom stereocenters. The molecular formula is C53H36N2. The van der Waals surface area contributed by atoms with E-state index in [0.717, 1.165) is 22.5 Å². The predicted octanol–water partition coefficient (Wildman–Crippen LogP) is 14.4. The molecular weight excluding hydrogens is 665 g/mol. The molecule has 0 aliphatic rings. The van der Waals surface area contributed by atoms with Gasteiger partial charge in [0.05, 0.1) is 11.0 Å². The van der Waals surface area contributed by atoms with Gasteiger partial charge in [0.1, 0.15) is 5.82 Å². The number of nitrogens with zero attached hydrogens (tertiary/aromatic N) is 2. The molecule has 11 rings (SSSR count). The Morgan fingerprint density at radius 3 is 1.71 bits per heavy atom. The van der Waals surface area contributed by atoms with Gasteiger partial charge in [-0.3, -0.25) is 4.57 Å². The first-order valence-electron chi connectivity index (χ1n) is 19.0. The van der Waals surface area contributed by atoms with Gasteiger partial charge in [0.2, 0.25) is 0 Å². The summed E-state index contributed by atoms with van der Waals surface area (Å²) < 4.78 is 2.23.